The molecule has 0 spiro atoms. The summed E-state index contributed by atoms with van der Waals surface area (Å²) < 4.78 is 2.28. The Morgan fingerprint density at radius 1 is 1.04 bits per heavy atom. The average molecular weight is 367 g/mol. The highest BCUT2D eigenvalue weighted by Gasteiger charge is 2.20. The first-order chi connectivity index (χ1) is 12.7. The fourth-order valence-electron chi connectivity index (χ4n) is 3.71. The van der Waals surface area contributed by atoms with Gasteiger partial charge in [0.05, 0.1) is 4.88 Å². The summed E-state index contributed by atoms with van der Waals surface area (Å²) in [5.41, 5.74) is 9.01. The molecule has 0 unspecified atom stereocenters. The lowest BCUT2D eigenvalue weighted by Crippen LogP contribution is -2.41. The summed E-state index contributed by atoms with van der Waals surface area (Å²) in [5, 5.41) is 3.14. The van der Waals surface area contributed by atoms with Gasteiger partial charge in [0.25, 0.3) is 5.91 Å². The van der Waals surface area contributed by atoms with Crippen molar-refractivity contribution in [2.24, 2.45) is 0 Å². The molecule has 0 bridgehead atoms. The quantitative estimate of drug-likeness (QED) is 0.694. The summed E-state index contributed by atoms with van der Waals surface area (Å²) in [6.07, 6.45) is 4.95. The molecule has 2 aromatic heterocycles. The molecule has 5 nitrogen and oxygen atoms in total. The second kappa shape index (κ2) is 7.33. The van der Waals surface area contributed by atoms with E-state index in [1.54, 1.807) is 6.07 Å². The number of nitrogens with zero attached hydrogens (tertiary/aromatic N) is 1. The number of aryl methyl sites for hydroxylation is 2. The van der Waals surface area contributed by atoms with Crippen LogP contribution in [-0.2, 0) is 24.2 Å². The molecule has 6 heteroatoms. The van der Waals surface area contributed by atoms with E-state index in [-0.39, 0.29) is 11.8 Å². The molecule has 0 radical (unpaired) electrons. The van der Waals surface area contributed by atoms with Gasteiger partial charge in [-0.3, -0.25) is 20.4 Å². The average Bonchev–Trinajstić information content (AvgIpc) is 3.31. The summed E-state index contributed by atoms with van der Waals surface area (Å²) in [4.78, 5) is 24.6. The molecule has 26 heavy (non-hydrogen) atoms. The molecule has 0 aliphatic heterocycles. The molecule has 2 N–H and O–H groups in total. The van der Waals surface area contributed by atoms with Gasteiger partial charge < -0.3 is 4.57 Å². The number of nitrogens with one attached hydrogen (secondary N) is 2. The zero-order chi connectivity index (χ0) is 17.9. The molecule has 134 valence electrons. The van der Waals surface area contributed by atoms with E-state index in [1.165, 1.54) is 46.3 Å². The topological polar surface area (TPSA) is 63.1 Å². The second-order valence-corrected chi connectivity index (χ2v) is 7.48. The van der Waals surface area contributed by atoms with E-state index in [2.05, 4.69) is 33.6 Å². The summed E-state index contributed by atoms with van der Waals surface area (Å²) in [6.45, 7) is 0.622. The van der Waals surface area contributed by atoms with Crippen LogP contribution in [-0.4, -0.2) is 16.4 Å². The number of thiophene rings is 1. The third-order valence-electron chi connectivity index (χ3n) is 4.91. The zero-order valence-electron chi connectivity index (χ0n) is 14.5. The zero-order valence-corrected chi connectivity index (χ0v) is 15.3. The molecular formula is C20H21N3O2S. The molecular weight excluding hydrogens is 346 g/mol. The van der Waals surface area contributed by atoms with Crippen LogP contribution in [0.5, 0.6) is 0 Å². The third-order valence-corrected chi connectivity index (χ3v) is 5.78. The van der Waals surface area contributed by atoms with Gasteiger partial charge in [0.1, 0.15) is 0 Å². The van der Waals surface area contributed by atoms with Crippen molar-refractivity contribution < 1.29 is 9.59 Å². The fourth-order valence-corrected chi connectivity index (χ4v) is 4.33. The maximum absolute atomic E-state index is 12.2. The first-order valence-corrected chi connectivity index (χ1v) is 9.83. The largest absolute Gasteiger partial charge is 0.344 e. The van der Waals surface area contributed by atoms with Crippen LogP contribution in [0.2, 0.25) is 0 Å². The van der Waals surface area contributed by atoms with Gasteiger partial charge in [-0.15, -0.1) is 11.3 Å². The van der Waals surface area contributed by atoms with Gasteiger partial charge in [-0.25, -0.2) is 0 Å². The molecule has 0 atom stereocenters. The highest BCUT2D eigenvalue weighted by Crippen LogP contribution is 2.32. The van der Waals surface area contributed by atoms with Gasteiger partial charge >= 0.3 is 0 Å². The molecule has 0 saturated heterocycles. The van der Waals surface area contributed by atoms with E-state index in [9.17, 15) is 9.59 Å². The van der Waals surface area contributed by atoms with E-state index < -0.39 is 0 Å². The predicted octanol–water partition coefficient (Wildman–Crippen LogP) is 3.43. The number of benzene rings is 1. The molecule has 0 saturated carbocycles. The maximum atomic E-state index is 12.2. The summed E-state index contributed by atoms with van der Waals surface area (Å²) >= 11 is 1.34. The van der Waals surface area contributed by atoms with Gasteiger partial charge in [-0.05, 0) is 48.8 Å². The van der Waals surface area contributed by atoms with Gasteiger partial charge in [-0.2, -0.15) is 0 Å². The standard InChI is InChI=1S/C20H21N3O2S/c24-19(21-22-20(25)18-10-5-13-26-18)11-12-23-16-8-3-1-6-14(16)15-7-2-4-9-17(15)23/h1,3,5-6,8,10,13H,2,4,7,9,11-12H2,(H,21,24)(H,22,25). The second-order valence-electron chi connectivity index (χ2n) is 6.53. The number of amides is 2. The van der Waals surface area contributed by atoms with Crippen molar-refractivity contribution in [3.63, 3.8) is 0 Å². The lowest BCUT2D eigenvalue weighted by Gasteiger charge is -2.16. The minimum absolute atomic E-state index is 0.183. The SMILES string of the molecule is O=C(CCn1c2c(c3ccccc31)CCCC2)NNC(=O)c1cccs1. The van der Waals surface area contributed by atoms with Crippen molar-refractivity contribution in [3.05, 3.63) is 57.9 Å². The Labute approximate surface area is 156 Å². The van der Waals surface area contributed by atoms with Gasteiger partial charge in [0, 0.05) is 29.6 Å². The normalized spacial score (nSPS) is 13.4. The number of aromatic nitrogens is 1. The summed E-state index contributed by atoms with van der Waals surface area (Å²) in [5.74, 6) is -0.464. The number of rotatable bonds is 4. The molecule has 3 aromatic rings. The van der Waals surface area contributed by atoms with E-state index in [4.69, 9.17) is 0 Å². The van der Waals surface area contributed by atoms with E-state index >= 15 is 0 Å². The Balaban J connectivity index is 1.43. The molecule has 2 heterocycles. The number of hydrogen-bond donors (Lipinski definition) is 2. The van der Waals surface area contributed by atoms with Crippen molar-refractivity contribution in [3.8, 4) is 0 Å². The Morgan fingerprint density at radius 2 is 1.88 bits per heavy atom. The van der Waals surface area contributed by atoms with Crippen molar-refractivity contribution in [1.82, 2.24) is 15.4 Å². The number of hydrazine groups is 1. The van der Waals surface area contributed by atoms with Crippen LogP contribution in [0, 0.1) is 0 Å². The number of carbonyl (C=O) groups excluding carboxylic acids is 2. The molecule has 1 aromatic carbocycles. The van der Waals surface area contributed by atoms with E-state index in [1.807, 2.05) is 17.5 Å². The van der Waals surface area contributed by atoms with E-state index in [0.29, 0.717) is 17.8 Å². The van der Waals surface area contributed by atoms with Crippen molar-refractivity contribution in [2.45, 2.75) is 38.6 Å². The third kappa shape index (κ3) is 3.24. The van der Waals surface area contributed by atoms with E-state index in [0.717, 1.165) is 12.8 Å². The van der Waals surface area contributed by atoms with Crippen molar-refractivity contribution >= 4 is 34.1 Å². The van der Waals surface area contributed by atoms with Gasteiger partial charge in [0.15, 0.2) is 0 Å². The molecule has 2 amide bonds. The highest BCUT2D eigenvalue weighted by atomic mass is 32.1. The first-order valence-electron chi connectivity index (χ1n) is 8.95. The Morgan fingerprint density at radius 3 is 2.73 bits per heavy atom. The smallest absolute Gasteiger partial charge is 0.279 e. The van der Waals surface area contributed by atoms with Crippen LogP contribution in [0.1, 0.15) is 40.2 Å². The molecule has 1 aliphatic rings. The van der Waals surface area contributed by atoms with Crippen LogP contribution in [0.3, 0.4) is 0 Å². The van der Waals surface area contributed by atoms with Crippen LogP contribution >= 0.6 is 11.3 Å². The Kier molecular flexibility index (Phi) is 4.75. The minimum Gasteiger partial charge on any atom is -0.344 e. The van der Waals surface area contributed by atoms with Crippen molar-refractivity contribution in [1.29, 1.82) is 0 Å². The summed E-state index contributed by atoms with van der Waals surface area (Å²) in [6, 6.07) is 12.0. The number of carbonyl (C=O) groups is 2. The molecule has 4 rings (SSSR count). The number of hydrogen-bond acceptors (Lipinski definition) is 3. The Hall–Kier alpha value is -2.60. The molecule has 1 aliphatic carbocycles. The lowest BCUT2D eigenvalue weighted by molar-refractivity contribution is -0.122. The summed E-state index contributed by atoms with van der Waals surface area (Å²) in [7, 11) is 0. The highest BCUT2D eigenvalue weighted by molar-refractivity contribution is 7.12. The maximum Gasteiger partial charge on any atom is 0.279 e. The Bertz CT molecular complexity index is 944. The monoisotopic (exact) mass is 367 g/mol. The first kappa shape index (κ1) is 16.8. The van der Waals surface area contributed by atoms with Crippen LogP contribution < -0.4 is 10.9 Å². The van der Waals surface area contributed by atoms with Crippen LogP contribution in [0.4, 0.5) is 0 Å². The lowest BCUT2D eigenvalue weighted by atomic mass is 9.95. The minimum atomic E-state index is -0.280. The predicted molar refractivity (Wildman–Crippen MR) is 103 cm³/mol. The van der Waals surface area contributed by atoms with Crippen LogP contribution in [0.15, 0.2) is 41.8 Å². The molecule has 0 fully saturated rings. The fraction of sp³-hybridized carbons (Fsp3) is 0.300. The number of para-hydroxylation sites is 1. The van der Waals surface area contributed by atoms with Crippen LogP contribution in [0.25, 0.3) is 10.9 Å². The van der Waals surface area contributed by atoms with Gasteiger partial charge in [0.2, 0.25) is 5.91 Å². The van der Waals surface area contributed by atoms with Crippen molar-refractivity contribution in [2.75, 3.05) is 0 Å². The van der Waals surface area contributed by atoms with Gasteiger partial charge in [-0.1, -0.05) is 24.3 Å². The number of fused-ring (bicyclic) bond motifs is 3.